The molecule has 0 radical (unpaired) electrons. The van der Waals surface area contributed by atoms with E-state index in [2.05, 4.69) is 21.1 Å². The van der Waals surface area contributed by atoms with E-state index in [1.54, 1.807) is 0 Å². The van der Waals surface area contributed by atoms with Gasteiger partial charge in [-0.05, 0) is 51.5 Å². The van der Waals surface area contributed by atoms with Gasteiger partial charge in [-0.1, -0.05) is 18.0 Å². The summed E-state index contributed by atoms with van der Waals surface area (Å²) in [4.78, 5) is 9.82. The number of rotatable bonds is 5. The zero-order valence-electron chi connectivity index (χ0n) is 17.3. The number of fused-ring (bicyclic) bond motifs is 1. The Hall–Kier alpha value is -2.41. The fraction of sp³-hybridized carbons (Fsp3) is 0.591. The van der Waals surface area contributed by atoms with E-state index in [0.29, 0.717) is 12.0 Å². The number of nitrogens with zero attached hydrogens (tertiary/aromatic N) is 4. The number of hydrogen-bond acceptors (Lipinski definition) is 6. The molecule has 1 N–H and O–H groups in total. The number of anilines is 1. The Bertz CT molecular complexity index is 977. The van der Waals surface area contributed by atoms with Crippen molar-refractivity contribution in [2.45, 2.75) is 65.0 Å². The molecule has 7 heteroatoms. The predicted octanol–water partition coefficient (Wildman–Crippen LogP) is 4.48. The van der Waals surface area contributed by atoms with Gasteiger partial charge in [-0.2, -0.15) is 0 Å². The number of nitrogens with one attached hydrogen (secondary N) is 1. The first-order chi connectivity index (χ1) is 14.2. The molecular formula is C22H29N5O2. The first-order valence-electron chi connectivity index (χ1n) is 10.8. The van der Waals surface area contributed by atoms with E-state index < -0.39 is 0 Å². The van der Waals surface area contributed by atoms with E-state index >= 15 is 0 Å². The van der Waals surface area contributed by atoms with E-state index in [1.165, 1.54) is 25.7 Å². The molecule has 1 saturated heterocycles. The van der Waals surface area contributed by atoms with Crippen LogP contribution in [0.1, 0.15) is 50.0 Å². The summed E-state index contributed by atoms with van der Waals surface area (Å²) >= 11 is 0. The highest BCUT2D eigenvalue weighted by molar-refractivity contribution is 5.81. The molecule has 29 heavy (non-hydrogen) atoms. The van der Waals surface area contributed by atoms with Crippen molar-refractivity contribution in [3.63, 3.8) is 0 Å². The summed E-state index contributed by atoms with van der Waals surface area (Å²) in [5.74, 6) is 2.48. The molecule has 0 bridgehead atoms. The van der Waals surface area contributed by atoms with Crippen molar-refractivity contribution in [2.75, 3.05) is 18.5 Å². The van der Waals surface area contributed by atoms with Gasteiger partial charge in [0.15, 0.2) is 5.65 Å². The Labute approximate surface area is 170 Å². The maximum atomic E-state index is 5.52. The third-order valence-corrected chi connectivity index (χ3v) is 6.38. The molecule has 0 unspecified atom stereocenters. The minimum Gasteiger partial charge on any atom is -0.381 e. The van der Waals surface area contributed by atoms with E-state index in [1.807, 2.05) is 20.0 Å². The van der Waals surface area contributed by atoms with Gasteiger partial charge in [-0.3, -0.25) is 4.57 Å². The van der Waals surface area contributed by atoms with Crippen LogP contribution in [0.5, 0.6) is 0 Å². The van der Waals surface area contributed by atoms with Crippen molar-refractivity contribution in [3.05, 3.63) is 23.7 Å². The number of ether oxygens (including phenoxy) is 1. The first-order valence-corrected chi connectivity index (χ1v) is 10.8. The molecule has 7 nitrogen and oxygen atoms in total. The Kier molecular flexibility index (Phi) is 4.99. The minimum atomic E-state index is 0.407. The normalized spacial score (nSPS) is 18.7. The van der Waals surface area contributed by atoms with Crippen molar-refractivity contribution in [1.82, 2.24) is 19.7 Å². The summed E-state index contributed by atoms with van der Waals surface area (Å²) in [6, 6.07) is 2.53. The van der Waals surface area contributed by atoms with Crippen molar-refractivity contribution in [2.24, 2.45) is 5.92 Å². The molecule has 0 aromatic carbocycles. The van der Waals surface area contributed by atoms with E-state index in [-0.39, 0.29) is 0 Å². The van der Waals surface area contributed by atoms with Gasteiger partial charge in [0.2, 0.25) is 5.95 Å². The number of imidazole rings is 1. The monoisotopic (exact) mass is 395 g/mol. The van der Waals surface area contributed by atoms with Crippen LogP contribution in [0.3, 0.4) is 0 Å². The highest BCUT2D eigenvalue weighted by Crippen LogP contribution is 2.32. The second-order valence-corrected chi connectivity index (χ2v) is 8.49. The van der Waals surface area contributed by atoms with Gasteiger partial charge < -0.3 is 14.6 Å². The van der Waals surface area contributed by atoms with Crippen LogP contribution < -0.4 is 5.32 Å². The van der Waals surface area contributed by atoms with Gasteiger partial charge in [0, 0.05) is 43.1 Å². The van der Waals surface area contributed by atoms with Gasteiger partial charge in [-0.15, -0.1) is 0 Å². The lowest BCUT2D eigenvalue weighted by Crippen LogP contribution is -2.29. The molecule has 1 aliphatic heterocycles. The molecule has 2 fully saturated rings. The van der Waals surface area contributed by atoms with Gasteiger partial charge >= 0.3 is 0 Å². The molecule has 2 aliphatic rings. The lowest BCUT2D eigenvalue weighted by Gasteiger charge is -2.24. The van der Waals surface area contributed by atoms with Gasteiger partial charge in [0.1, 0.15) is 11.3 Å². The molecule has 3 aromatic rings. The van der Waals surface area contributed by atoms with Crippen LogP contribution in [-0.4, -0.2) is 38.9 Å². The highest BCUT2D eigenvalue weighted by atomic mass is 16.5. The summed E-state index contributed by atoms with van der Waals surface area (Å²) < 4.78 is 13.2. The number of aromatic nitrogens is 4. The van der Waals surface area contributed by atoms with E-state index in [9.17, 15) is 0 Å². The predicted molar refractivity (Wildman–Crippen MR) is 112 cm³/mol. The molecule has 154 valence electrons. The summed E-state index contributed by atoms with van der Waals surface area (Å²) in [6.45, 7) is 6.52. The summed E-state index contributed by atoms with van der Waals surface area (Å²) in [5.41, 5.74) is 4.80. The maximum Gasteiger partial charge on any atom is 0.205 e. The highest BCUT2D eigenvalue weighted by Gasteiger charge is 2.23. The standard InChI is InChI=1S/C22H29N5O2/c1-14-20(15(2)29-26-14)17-11-19-21(23-12-17)27(13-16-5-3-4-6-16)22(25-19)24-18-7-9-28-10-8-18/h11-12,16,18H,3-10,13H2,1-2H3,(H,24,25). The van der Waals surface area contributed by atoms with E-state index in [0.717, 1.165) is 72.3 Å². The largest absolute Gasteiger partial charge is 0.381 e. The van der Waals surface area contributed by atoms with E-state index in [4.69, 9.17) is 19.2 Å². The zero-order chi connectivity index (χ0) is 19.8. The Morgan fingerprint density at radius 1 is 1.14 bits per heavy atom. The molecular weight excluding hydrogens is 366 g/mol. The van der Waals surface area contributed by atoms with Crippen molar-refractivity contribution < 1.29 is 9.26 Å². The molecule has 1 aliphatic carbocycles. The Morgan fingerprint density at radius 3 is 2.66 bits per heavy atom. The first kappa shape index (κ1) is 18.6. The SMILES string of the molecule is Cc1noc(C)c1-c1cnc2c(c1)nc(NC1CCOCC1)n2CC1CCCC1. The number of aryl methyl sites for hydroxylation is 2. The fourth-order valence-electron chi connectivity index (χ4n) is 4.80. The van der Waals surface area contributed by atoms with Crippen molar-refractivity contribution >= 4 is 17.1 Å². The van der Waals surface area contributed by atoms with Crippen molar-refractivity contribution in [3.8, 4) is 11.1 Å². The third-order valence-electron chi connectivity index (χ3n) is 6.38. The lowest BCUT2D eigenvalue weighted by atomic mass is 10.1. The number of hydrogen-bond donors (Lipinski definition) is 1. The smallest absolute Gasteiger partial charge is 0.205 e. The molecule has 0 spiro atoms. The van der Waals surface area contributed by atoms with Crippen LogP contribution in [0.25, 0.3) is 22.3 Å². The quantitative estimate of drug-likeness (QED) is 0.686. The average Bonchev–Trinajstić information content (AvgIpc) is 3.44. The summed E-state index contributed by atoms with van der Waals surface area (Å²) in [7, 11) is 0. The minimum absolute atomic E-state index is 0.407. The molecule has 4 heterocycles. The number of pyridine rings is 1. The van der Waals surface area contributed by atoms with Crippen LogP contribution in [0.2, 0.25) is 0 Å². The maximum absolute atomic E-state index is 5.52. The topological polar surface area (TPSA) is 78.0 Å². The van der Waals surface area contributed by atoms with Crippen LogP contribution in [0, 0.1) is 19.8 Å². The molecule has 0 atom stereocenters. The Morgan fingerprint density at radius 2 is 1.93 bits per heavy atom. The second kappa shape index (κ2) is 7.78. The van der Waals surface area contributed by atoms with Crippen LogP contribution >= 0.6 is 0 Å². The average molecular weight is 396 g/mol. The third kappa shape index (κ3) is 3.64. The molecule has 5 rings (SSSR count). The molecule has 1 saturated carbocycles. The summed E-state index contributed by atoms with van der Waals surface area (Å²) in [6.07, 6.45) is 9.24. The molecule has 3 aromatic heterocycles. The molecule has 0 amide bonds. The Balaban J connectivity index is 1.53. The zero-order valence-corrected chi connectivity index (χ0v) is 17.3. The van der Waals surface area contributed by atoms with Gasteiger partial charge in [0.25, 0.3) is 0 Å². The second-order valence-electron chi connectivity index (χ2n) is 8.49. The fourth-order valence-corrected chi connectivity index (χ4v) is 4.80. The van der Waals surface area contributed by atoms with Gasteiger partial charge in [0.05, 0.1) is 5.69 Å². The van der Waals surface area contributed by atoms with Crippen molar-refractivity contribution in [1.29, 1.82) is 0 Å². The van der Waals surface area contributed by atoms with Crippen LogP contribution in [0.4, 0.5) is 5.95 Å². The lowest BCUT2D eigenvalue weighted by molar-refractivity contribution is 0.0902. The summed E-state index contributed by atoms with van der Waals surface area (Å²) in [5, 5.41) is 7.78. The van der Waals surface area contributed by atoms with Gasteiger partial charge in [-0.25, -0.2) is 9.97 Å². The van der Waals surface area contributed by atoms with Crippen LogP contribution in [-0.2, 0) is 11.3 Å². The van der Waals surface area contributed by atoms with Crippen LogP contribution in [0.15, 0.2) is 16.8 Å².